The number of anilines is 2. The predicted octanol–water partition coefficient (Wildman–Crippen LogP) is 6.89. The first-order valence-electron chi connectivity index (χ1n) is 13.7. The smallest absolute Gasteiger partial charge is 0.272 e. The lowest BCUT2D eigenvalue weighted by atomic mass is 10.1. The highest BCUT2D eigenvalue weighted by atomic mass is 35.5. The number of hydrogen-bond donors (Lipinski definition) is 3. The molecule has 4 aromatic rings. The molecule has 1 unspecified atom stereocenters. The summed E-state index contributed by atoms with van der Waals surface area (Å²) < 4.78 is 16.0. The van der Waals surface area contributed by atoms with E-state index in [2.05, 4.69) is 16.0 Å². The first kappa shape index (κ1) is 33.0. The minimum absolute atomic E-state index is 0.0114. The van der Waals surface area contributed by atoms with Crippen LogP contribution in [0.2, 0.25) is 5.02 Å². The number of methoxy groups -OCH3 is 3. The summed E-state index contributed by atoms with van der Waals surface area (Å²) in [6.07, 6.45) is 1.55. The predicted molar refractivity (Wildman–Crippen MR) is 178 cm³/mol. The normalized spacial score (nSPS) is 11.6. The van der Waals surface area contributed by atoms with Gasteiger partial charge in [0.2, 0.25) is 5.91 Å². The van der Waals surface area contributed by atoms with Gasteiger partial charge in [0.15, 0.2) is 11.5 Å². The Morgan fingerprint density at radius 2 is 1.49 bits per heavy atom. The fourth-order valence-corrected chi connectivity index (χ4v) is 5.27. The fourth-order valence-electron chi connectivity index (χ4n) is 4.17. The number of nitrogens with one attached hydrogen (secondary N) is 3. The molecule has 0 saturated heterocycles. The SMILES string of the molecule is COc1ccc(Cl)cc1NC(=O)C(C)Sc1cccc(NC(=O)/C(=C\c2ccc(OC)c(OC)c2)NC(=O)c2ccccc2)c1. The Labute approximate surface area is 270 Å². The summed E-state index contributed by atoms with van der Waals surface area (Å²) in [4.78, 5) is 40.3. The minimum atomic E-state index is -0.546. The van der Waals surface area contributed by atoms with Gasteiger partial charge in [0.05, 0.1) is 32.3 Å². The van der Waals surface area contributed by atoms with Gasteiger partial charge < -0.3 is 30.2 Å². The molecule has 232 valence electrons. The van der Waals surface area contributed by atoms with Gasteiger partial charge in [-0.25, -0.2) is 0 Å². The van der Waals surface area contributed by atoms with Crippen molar-refractivity contribution in [2.75, 3.05) is 32.0 Å². The summed E-state index contributed by atoms with van der Waals surface area (Å²) in [5.74, 6) is 0.243. The van der Waals surface area contributed by atoms with Gasteiger partial charge in [-0.2, -0.15) is 0 Å². The van der Waals surface area contributed by atoms with Crippen LogP contribution in [-0.4, -0.2) is 44.3 Å². The zero-order valence-corrected chi connectivity index (χ0v) is 26.6. The molecule has 45 heavy (non-hydrogen) atoms. The van der Waals surface area contributed by atoms with Crippen LogP contribution in [0.5, 0.6) is 17.2 Å². The van der Waals surface area contributed by atoms with Crippen LogP contribution in [-0.2, 0) is 9.59 Å². The molecule has 4 aromatic carbocycles. The maximum atomic E-state index is 13.6. The van der Waals surface area contributed by atoms with Gasteiger partial charge in [0.25, 0.3) is 11.8 Å². The van der Waals surface area contributed by atoms with Crippen LogP contribution >= 0.6 is 23.4 Å². The maximum Gasteiger partial charge on any atom is 0.272 e. The molecule has 0 aliphatic rings. The number of amides is 3. The zero-order valence-electron chi connectivity index (χ0n) is 25.1. The van der Waals surface area contributed by atoms with Crippen LogP contribution in [0, 0.1) is 0 Å². The summed E-state index contributed by atoms with van der Waals surface area (Å²) >= 11 is 7.40. The number of carbonyl (C=O) groups excluding carboxylic acids is 3. The standard InChI is InChI=1S/C34H32ClN3O6S/c1-21(32(39)37-27-19-24(35)14-16-29(27)42-2)45-26-12-8-11-25(20-26)36-34(41)28(38-33(40)23-9-6-5-7-10-23)17-22-13-15-30(43-3)31(18-22)44-4/h5-21H,1-4H3,(H,36,41)(H,37,39)(H,38,40)/b28-17+. The highest BCUT2D eigenvalue weighted by Gasteiger charge is 2.19. The lowest BCUT2D eigenvalue weighted by Crippen LogP contribution is -2.30. The van der Waals surface area contributed by atoms with Crippen molar-refractivity contribution in [2.24, 2.45) is 0 Å². The van der Waals surface area contributed by atoms with Crippen molar-refractivity contribution in [1.29, 1.82) is 0 Å². The summed E-state index contributed by atoms with van der Waals surface area (Å²) in [6.45, 7) is 1.77. The molecule has 0 saturated carbocycles. The number of hydrogen-bond acceptors (Lipinski definition) is 7. The molecule has 0 fully saturated rings. The number of carbonyl (C=O) groups is 3. The van der Waals surface area contributed by atoms with Gasteiger partial charge in [-0.3, -0.25) is 14.4 Å². The molecule has 0 aliphatic heterocycles. The number of rotatable bonds is 12. The van der Waals surface area contributed by atoms with E-state index in [0.717, 1.165) is 4.90 Å². The summed E-state index contributed by atoms with van der Waals surface area (Å²) in [5, 5.41) is 8.40. The van der Waals surface area contributed by atoms with Crippen molar-refractivity contribution in [3.8, 4) is 17.2 Å². The summed E-state index contributed by atoms with van der Waals surface area (Å²) in [6, 6.07) is 25.8. The molecule has 4 rings (SSSR count). The Morgan fingerprint density at radius 3 is 2.20 bits per heavy atom. The molecule has 3 amide bonds. The topological polar surface area (TPSA) is 115 Å². The highest BCUT2D eigenvalue weighted by molar-refractivity contribution is 8.00. The lowest BCUT2D eigenvalue weighted by molar-refractivity contribution is -0.115. The first-order chi connectivity index (χ1) is 21.7. The second kappa shape index (κ2) is 15.7. The van der Waals surface area contributed by atoms with E-state index in [9.17, 15) is 14.4 Å². The molecule has 0 heterocycles. The molecule has 0 aliphatic carbocycles. The molecule has 0 spiro atoms. The lowest BCUT2D eigenvalue weighted by Gasteiger charge is -2.15. The molecule has 0 bridgehead atoms. The van der Waals surface area contributed by atoms with Gasteiger partial charge in [-0.15, -0.1) is 11.8 Å². The average Bonchev–Trinajstić information content (AvgIpc) is 3.05. The Hall–Kier alpha value is -4.93. The first-order valence-corrected chi connectivity index (χ1v) is 15.0. The Balaban J connectivity index is 1.52. The van der Waals surface area contributed by atoms with Gasteiger partial charge in [-0.1, -0.05) is 41.9 Å². The zero-order chi connectivity index (χ0) is 32.3. The second-order valence-electron chi connectivity index (χ2n) is 9.57. The van der Waals surface area contributed by atoms with E-state index in [1.54, 1.807) is 97.9 Å². The van der Waals surface area contributed by atoms with Crippen LogP contribution in [0.4, 0.5) is 11.4 Å². The van der Waals surface area contributed by atoms with E-state index in [1.807, 2.05) is 6.07 Å². The third kappa shape index (κ3) is 9.04. The van der Waals surface area contributed by atoms with E-state index in [4.69, 9.17) is 25.8 Å². The number of ether oxygens (including phenoxy) is 3. The second-order valence-corrected chi connectivity index (χ2v) is 11.4. The van der Waals surface area contributed by atoms with Crippen LogP contribution in [0.3, 0.4) is 0 Å². The Kier molecular flexibility index (Phi) is 11.5. The van der Waals surface area contributed by atoms with Crippen LogP contribution < -0.4 is 30.2 Å². The molecule has 9 nitrogen and oxygen atoms in total. The molecule has 11 heteroatoms. The quantitative estimate of drug-likeness (QED) is 0.113. The average molecular weight is 646 g/mol. The number of halogens is 1. The van der Waals surface area contributed by atoms with Crippen molar-refractivity contribution in [2.45, 2.75) is 17.1 Å². The van der Waals surface area contributed by atoms with Crippen LogP contribution in [0.25, 0.3) is 6.08 Å². The minimum Gasteiger partial charge on any atom is -0.495 e. The molecular weight excluding hydrogens is 614 g/mol. The molecule has 3 N–H and O–H groups in total. The van der Waals surface area contributed by atoms with Crippen molar-refractivity contribution in [3.05, 3.63) is 113 Å². The van der Waals surface area contributed by atoms with Crippen molar-refractivity contribution in [1.82, 2.24) is 5.32 Å². The van der Waals surface area contributed by atoms with E-state index in [-0.39, 0.29) is 11.6 Å². The van der Waals surface area contributed by atoms with Gasteiger partial charge in [0, 0.05) is 21.2 Å². The molecule has 1 atom stereocenters. The van der Waals surface area contributed by atoms with Crippen molar-refractivity contribution < 1.29 is 28.6 Å². The molecular formula is C34H32ClN3O6S. The van der Waals surface area contributed by atoms with Crippen molar-refractivity contribution in [3.63, 3.8) is 0 Å². The van der Waals surface area contributed by atoms with Crippen LogP contribution in [0.1, 0.15) is 22.8 Å². The Bertz CT molecular complexity index is 1710. The van der Waals surface area contributed by atoms with Gasteiger partial charge >= 0.3 is 0 Å². The third-order valence-corrected chi connectivity index (χ3v) is 7.77. The van der Waals surface area contributed by atoms with E-state index in [0.29, 0.717) is 44.8 Å². The van der Waals surface area contributed by atoms with E-state index in [1.165, 1.54) is 33.1 Å². The third-order valence-electron chi connectivity index (χ3n) is 6.44. The monoisotopic (exact) mass is 645 g/mol. The fraction of sp³-hybridized carbons (Fsp3) is 0.147. The van der Waals surface area contributed by atoms with Gasteiger partial charge in [-0.05, 0) is 79.2 Å². The number of thioether (sulfide) groups is 1. The molecule has 0 radical (unpaired) electrons. The summed E-state index contributed by atoms with van der Waals surface area (Å²) in [5.41, 5.74) is 1.95. The van der Waals surface area contributed by atoms with E-state index < -0.39 is 17.1 Å². The van der Waals surface area contributed by atoms with Crippen LogP contribution in [0.15, 0.2) is 102 Å². The maximum absolute atomic E-state index is 13.6. The van der Waals surface area contributed by atoms with Gasteiger partial charge in [0.1, 0.15) is 11.4 Å². The largest absolute Gasteiger partial charge is 0.495 e. The molecule has 0 aromatic heterocycles. The van der Waals surface area contributed by atoms with Crippen molar-refractivity contribution >= 4 is 58.5 Å². The highest BCUT2D eigenvalue weighted by Crippen LogP contribution is 2.31. The number of benzene rings is 4. The Morgan fingerprint density at radius 1 is 0.778 bits per heavy atom. The van der Waals surface area contributed by atoms with E-state index >= 15 is 0 Å². The summed E-state index contributed by atoms with van der Waals surface area (Å²) in [7, 11) is 4.56.